The Kier molecular flexibility index (Phi) is 3.93. The molecule has 0 aromatic rings. The highest BCUT2D eigenvalue weighted by atomic mass is 35.5. The van der Waals surface area contributed by atoms with E-state index in [4.69, 9.17) is 21.1 Å². The van der Waals surface area contributed by atoms with Crippen molar-refractivity contribution in [3.8, 4) is 0 Å². The zero-order valence-electron chi connectivity index (χ0n) is 8.20. The third-order valence-corrected chi connectivity index (χ3v) is 2.09. The molecule has 0 amide bonds. The van der Waals surface area contributed by atoms with Gasteiger partial charge in [0.15, 0.2) is 5.03 Å². The number of carbonyl (C=O) groups excluding carboxylic acids is 2. The molecule has 0 radical (unpaired) electrons. The lowest BCUT2D eigenvalue weighted by molar-refractivity contribution is -0.155. The maximum Gasteiger partial charge on any atom is 0.354 e. The molecule has 0 aromatic carbocycles. The third kappa shape index (κ3) is 2.60. The second kappa shape index (κ2) is 4.99. The van der Waals surface area contributed by atoms with Crippen LogP contribution in [0.1, 0.15) is 0 Å². The summed E-state index contributed by atoms with van der Waals surface area (Å²) in [5.41, 5.74) is 0.231. The van der Waals surface area contributed by atoms with E-state index in [-0.39, 0.29) is 17.3 Å². The van der Waals surface area contributed by atoms with E-state index in [1.807, 2.05) is 0 Å². The van der Waals surface area contributed by atoms with Gasteiger partial charge in [0, 0.05) is 7.11 Å². The fourth-order valence-corrected chi connectivity index (χ4v) is 1.19. The molecule has 1 aliphatic heterocycles. The van der Waals surface area contributed by atoms with E-state index >= 15 is 0 Å². The SMILES string of the molecule is COC(=O)CNC1=C(Cl)C(=O)O[C@@H]1OC. The summed E-state index contributed by atoms with van der Waals surface area (Å²) in [7, 11) is 2.61. The highest BCUT2D eigenvalue weighted by molar-refractivity contribution is 6.42. The summed E-state index contributed by atoms with van der Waals surface area (Å²) in [5.74, 6) is -1.17. The van der Waals surface area contributed by atoms with Crippen LogP contribution in [0.25, 0.3) is 0 Å². The Labute approximate surface area is 91.1 Å². The Hall–Kier alpha value is -1.27. The lowest BCUT2D eigenvalue weighted by Crippen LogP contribution is -2.29. The molecule has 0 bridgehead atoms. The van der Waals surface area contributed by atoms with Gasteiger partial charge >= 0.3 is 11.9 Å². The van der Waals surface area contributed by atoms with Crippen LogP contribution in [0.2, 0.25) is 0 Å². The zero-order chi connectivity index (χ0) is 11.4. The summed E-state index contributed by atoms with van der Waals surface area (Å²) in [6.07, 6.45) is -0.894. The maximum atomic E-state index is 11.0. The highest BCUT2D eigenvalue weighted by Crippen LogP contribution is 2.23. The summed E-state index contributed by atoms with van der Waals surface area (Å²) in [5, 5.41) is 2.50. The Morgan fingerprint density at radius 1 is 1.60 bits per heavy atom. The average Bonchev–Trinajstić information content (AvgIpc) is 2.52. The molecular weight excluding hydrogens is 226 g/mol. The van der Waals surface area contributed by atoms with Gasteiger partial charge in [0.25, 0.3) is 0 Å². The molecule has 0 spiro atoms. The number of esters is 2. The Bertz CT molecular complexity index is 314. The summed E-state index contributed by atoms with van der Waals surface area (Å²) in [6, 6.07) is 0. The van der Waals surface area contributed by atoms with Crippen molar-refractivity contribution >= 4 is 23.5 Å². The van der Waals surface area contributed by atoms with Crippen molar-refractivity contribution in [2.24, 2.45) is 0 Å². The molecule has 0 aromatic heterocycles. The van der Waals surface area contributed by atoms with Gasteiger partial charge in [-0.3, -0.25) is 4.79 Å². The van der Waals surface area contributed by atoms with E-state index in [1.54, 1.807) is 0 Å². The van der Waals surface area contributed by atoms with Crippen molar-refractivity contribution in [1.29, 1.82) is 0 Å². The van der Waals surface area contributed by atoms with Gasteiger partial charge in [-0.05, 0) is 0 Å². The van der Waals surface area contributed by atoms with Crippen molar-refractivity contribution in [1.82, 2.24) is 5.32 Å². The maximum absolute atomic E-state index is 11.0. The first-order valence-electron chi connectivity index (χ1n) is 4.04. The van der Waals surface area contributed by atoms with Crippen LogP contribution in [0, 0.1) is 0 Å². The van der Waals surface area contributed by atoms with Crippen molar-refractivity contribution < 1.29 is 23.8 Å². The minimum Gasteiger partial charge on any atom is -0.468 e. The minimum atomic E-state index is -0.894. The minimum absolute atomic E-state index is 0.113. The third-order valence-electron chi connectivity index (χ3n) is 1.73. The number of cyclic esters (lactones) is 1. The number of hydrogen-bond donors (Lipinski definition) is 1. The van der Waals surface area contributed by atoms with E-state index < -0.39 is 18.2 Å². The topological polar surface area (TPSA) is 73.9 Å². The van der Waals surface area contributed by atoms with Gasteiger partial charge in [-0.25, -0.2) is 4.79 Å². The predicted molar refractivity (Wildman–Crippen MR) is 49.8 cm³/mol. The number of halogens is 1. The summed E-state index contributed by atoms with van der Waals surface area (Å²) in [4.78, 5) is 21.9. The number of rotatable bonds is 4. The molecule has 1 aliphatic rings. The molecule has 0 saturated heterocycles. The molecule has 0 unspecified atom stereocenters. The van der Waals surface area contributed by atoms with Crippen LogP contribution in [0.3, 0.4) is 0 Å². The molecule has 84 valence electrons. The number of nitrogens with one attached hydrogen (secondary N) is 1. The standard InChI is InChI=1S/C8H10ClNO5/c1-13-4(11)3-10-6-5(9)7(12)15-8(6)14-2/h8,10H,3H2,1-2H3/t8-/m0/s1. The van der Waals surface area contributed by atoms with Crippen molar-refractivity contribution in [2.75, 3.05) is 20.8 Å². The first kappa shape index (κ1) is 11.8. The summed E-state index contributed by atoms with van der Waals surface area (Å²) >= 11 is 5.64. The fourth-order valence-electron chi connectivity index (χ4n) is 0.988. The highest BCUT2D eigenvalue weighted by Gasteiger charge is 2.33. The van der Waals surface area contributed by atoms with Crippen LogP contribution in [0.4, 0.5) is 0 Å². The predicted octanol–water partition coefficient (Wildman–Crippen LogP) is -0.271. The quantitative estimate of drug-likeness (QED) is 0.676. The molecule has 1 rings (SSSR count). The molecule has 0 fully saturated rings. The van der Waals surface area contributed by atoms with Crippen molar-refractivity contribution in [3.63, 3.8) is 0 Å². The van der Waals surface area contributed by atoms with E-state index in [2.05, 4.69) is 10.1 Å². The molecule has 6 nitrogen and oxygen atoms in total. The van der Waals surface area contributed by atoms with Crippen LogP contribution in [0.5, 0.6) is 0 Å². The molecule has 15 heavy (non-hydrogen) atoms. The van der Waals surface area contributed by atoms with Crippen molar-refractivity contribution in [3.05, 3.63) is 10.7 Å². The zero-order valence-corrected chi connectivity index (χ0v) is 8.96. The normalized spacial score (nSPS) is 20.2. The fraction of sp³-hybridized carbons (Fsp3) is 0.500. The number of methoxy groups -OCH3 is 2. The van der Waals surface area contributed by atoms with Crippen LogP contribution >= 0.6 is 11.6 Å². The molecule has 7 heteroatoms. The molecule has 1 N–H and O–H groups in total. The van der Waals surface area contributed by atoms with Gasteiger partial charge in [0.2, 0.25) is 6.29 Å². The Morgan fingerprint density at radius 3 is 2.80 bits per heavy atom. The van der Waals surface area contributed by atoms with E-state index in [1.165, 1.54) is 14.2 Å². The van der Waals surface area contributed by atoms with E-state index in [9.17, 15) is 9.59 Å². The first-order chi connectivity index (χ1) is 7.10. The largest absolute Gasteiger partial charge is 0.468 e. The molecule has 0 aliphatic carbocycles. The molecule has 1 atom stereocenters. The Morgan fingerprint density at radius 2 is 2.27 bits per heavy atom. The van der Waals surface area contributed by atoms with Gasteiger partial charge < -0.3 is 19.5 Å². The number of carbonyl (C=O) groups is 2. The van der Waals surface area contributed by atoms with Crippen LogP contribution < -0.4 is 5.32 Å². The van der Waals surface area contributed by atoms with Crippen LogP contribution in [-0.4, -0.2) is 39.0 Å². The lowest BCUT2D eigenvalue weighted by atomic mass is 10.4. The summed E-state index contributed by atoms with van der Waals surface area (Å²) in [6.45, 7) is -0.113. The van der Waals surface area contributed by atoms with E-state index in [0.29, 0.717) is 0 Å². The second-order valence-electron chi connectivity index (χ2n) is 2.63. The van der Waals surface area contributed by atoms with Crippen LogP contribution in [0.15, 0.2) is 10.7 Å². The second-order valence-corrected chi connectivity index (χ2v) is 3.01. The van der Waals surface area contributed by atoms with Gasteiger partial charge in [-0.1, -0.05) is 11.6 Å². The van der Waals surface area contributed by atoms with Gasteiger partial charge in [-0.2, -0.15) is 0 Å². The Balaban J connectivity index is 2.65. The first-order valence-corrected chi connectivity index (χ1v) is 4.42. The molecule has 0 saturated carbocycles. The monoisotopic (exact) mass is 235 g/mol. The number of hydrogen-bond acceptors (Lipinski definition) is 6. The van der Waals surface area contributed by atoms with Crippen molar-refractivity contribution in [2.45, 2.75) is 6.29 Å². The van der Waals surface area contributed by atoms with Crippen LogP contribution in [-0.2, 0) is 23.8 Å². The van der Waals surface area contributed by atoms with Gasteiger partial charge in [-0.15, -0.1) is 0 Å². The smallest absolute Gasteiger partial charge is 0.354 e. The van der Waals surface area contributed by atoms with Gasteiger partial charge in [0.05, 0.1) is 7.11 Å². The molecule has 1 heterocycles. The van der Waals surface area contributed by atoms with E-state index in [0.717, 1.165) is 0 Å². The summed E-state index contributed by atoms with van der Waals surface area (Å²) < 4.78 is 14.0. The lowest BCUT2D eigenvalue weighted by Gasteiger charge is -2.12. The molecular formula is C8H10ClNO5. The number of ether oxygens (including phenoxy) is 3. The average molecular weight is 236 g/mol. The van der Waals surface area contributed by atoms with Gasteiger partial charge in [0.1, 0.15) is 12.2 Å².